The minimum atomic E-state index is -4.80. The third-order valence-corrected chi connectivity index (χ3v) is 7.50. The summed E-state index contributed by atoms with van der Waals surface area (Å²) in [4.78, 5) is 14.3. The predicted molar refractivity (Wildman–Crippen MR) is 119 cm³/mol. The predicted octanol–water partition coefficient (Wildman–Crippen LogP) is 4.01. The van der Waals surface area contributed by atoms with Gasteiger partial charge in [0, 0.05) is 35.8 Å². The van der Waals surface area contributed by atoms with Crippen molar-refractivity contribution < 1.29 is 30.0 Å². The summed E-state index contributed by atoms with van der Waals surface area (Å²) in [5.41, 5.74) is -1.61. The molecule has 9 nitrogen and oxygen atoms in total. The van der Waals surface area contributed by atoms with Gasteiger partial charge in [-0.25, -0.2) is 40.6 Å². The number of fused-ring (bicyclic) bond motifs is 1. The number of nitrogens with zero attached hydrogens (tertiary/aromatic N) is 5. The molecule has 0 unspecified atom stereocenters. The third-order valence-electron chi connectivity index (χ3n) is 4.97. The molecular formula is C21H14F3N5O4S2. The van der Waals surface area contributed by atoms with Crippen LogP contribution < -0.4 is 0 Å². The molecule has 0 bridgehead atoms. The van der Waals surface area contributed by atoms with E-state index in [1.54, 1.807) is 19.1 Å². The number of alkyl halides is 3. The zero-order valence-corrected chi connectivity index (χ0v) is 19.6. The summed E-state index contributed by atoms with van der Waals surface area (Å²) in [7, 11) is -8.30. The van der Waals surface area contributed by atoms with Gasteiger partial charge in [0.15, 0.2) is 5.65 Å². The summed E-state index contributed by atoms with van der Waals surface area (Å²) in [6.07, 6.45) is -1.62. The minimum Gasteiger partial charge on any atom is -0.239 e. The first-order valence-corrected chi connectivity index (χ1v) is 12.9. The second-order valence-electron chi connectivity index (χ2n) is 7.52. The molecule has 0 amide bonds. The summed E-state index contributed by atoms with van der Waals surface area (Å²) >= 11 is 0. The van der Waals surface area contributed by atoms with E-state index in [1.165, 1.54) is 12.1 Å². The molecule has 0 N–H and O–H groups in total. The van der Waals surface area contributed by atoms with E-state index in [1.807, 2.05) is 0 Å². The van der Waals surface area contributed by atoms with Gasteiger partial charge in [-0.3, -0.25) is 0 Å². The maximum Gasteiger partial charge on any atom is 0.417 e. The Balaban J connectivity index is 2.11. The average Bonchev–Trinajstić information content (AvgIpc) is 3.17. The molecule has 0 spiro atoms. The van der Waals surface area contributed by atoms with Crippen LogP contribution in [0.15, 0.2) is 59.0 Å². The highest BCUT2D eigenvalue weighted by atomic mass is 32.2. The molecule has 3 aromatic heterocycles. The second-order valence-corrected chi connectivity index (χ2v) is 11.2. The van der Waals surface area contributed by atoms with E-state index in [9.17, 15) is 30.0 Å². The molecule has 0 atom stereocenters. The van der Waals surface area contributed by atoms with Crippen LogP contribution in [0.5, 0.6) is 0 Å². The number of benzene rings is 1. The monoisotopic (exact) mass is 521 g/mol. The van der Waals surface area contributed by atoms with Crippen molar-refractivity contribution >= 4 is 36.6 Å². The van der Waals surface area contributed by atoms with Crippen molar-refractivity contribution in [1.29, 1.82) is 0 Å². The van der Waals surface area contributed by atoms with Crippen molar-refractivity contribution in [3.63, 3.8) is 0 Å². The fourth-order valence-electron chi connectivity index (χ4n) is 3.25. The first kappa shape index (κ1) is 24.3. The molecule has 1 aromatic carbocycles. The lowest BCUT2D eigenvalue weighted by Crippen LogP contribution is -2.13. The number of aryl methyl sites for hydroxylation is 1. The molecule has 0 radical (unpaired) electrons. The number of aromatic nitrogens is 4. The van der Waals surface area contributed by atoms with Gasteiger partial charge in [-0.1, -0.05) is 17.7 Å². The van der Waals surface area contributed by atoms with Gasteiger partial charge in [-0.05, 0) is 25.1 Å². The number of halogens is 3. The highest BCUT2D eigenvalue weighted by molar-refractivity contribution is 7.90. The normalized spacial score (nSPS) is 12.6. The summed E-state index contributed by atoms with van der Waals surface area (Å²) in [6.45, 7) is 9.12. The maximum atomic E-state index is 13.4. The van der Waals surface area contributed by atoms with Gasteiger partial charge < -0.3 is 0 Å². The zero-order chi connectivity index (χ0) is 25.8. The van der Waals surface area contributed by atoms with Crippen molar-refractivity contribution in [3.8, 4) is 11.3 Å². The molecule has 3 heterocycles. The molecule has 0 saturated heterocycles. The van der Waals surface area contributed by atoms with Gasteiger partial charge in [0.25, 0.3) is 10.0 Å². The van der Waals surface area contributed by atoms with Gasteiger partial charge in [0.2, 0.25) is 20.7 Å². The van der Waals surface area contributed by atoms with Crippen molar-refractivity contribution in [3.05, 3.63) is 71.5 Å². The lowest BCUT2D eigenvalue weighted by Gasteiger charge is -2.09. The second kappa shape index (κ2) is 8.14. The standard InChI is InChI=1S/C21H14F3N5O4S2/c1-12-4-6-14(7-5-12)35(32,33)29-11-16(15-8-13(21(22,23)24)9-26-19(15)29)18-17(25-2)10-27-20(28-18)34(3,30)31/h4-11H,1,3H3. The highest BCUT2D eigenvalue weighted by Crippen LogP contribution is 2.39. The third kappa shape index (κ3) is 4.35. The molecule has 4 aromatic rings. The zero-order valence-electron chi connectivity index (χ0n) is 17.9. The van der Waals surface area contributed by atoms with Gasteiger partial charge in [0.1, 0.15) is 0 Å². The first-order chi connectivity index (χ1) is 16.2. The number of pyridine rings is 1. The van der Waals surface area contributed by atoms with Crippen LogP contribution in [0, 0.1) is 13.5 Å². The van der Waals surface area contributed by atoms with Crippen molar-refractivity contribution in [2.75, 3.05) is 6.26 Å². The van der Waals surface area contributed by atoms with Crippen LogP contribution in [-0.4, -0.2) is 42.0 Å². The Morgan fingerprint density at radius 3 is 2.26 bits per heavy atom. The summed E-state index contributed by atoms with van der Waals surface area (Å²) in [6, 6.07) is 6.44. The molecule has 35 heavy (non-hydrogen) atoms. The Morgan fingerprint density at radius 2 is 1.69 bits per heavy atom. The van der Waals surface area contributed by atoms with Gasteiger partial charge in [-0.15, -0.1) is 0 Å². The molecule has 4 rings (SSSR count). The first-order valence-electron chi connectivity index (χ1n) is 9.59. The molecule has 0 saturated carbocycles. The van der Waals surface area contributed by atoms with Crippen molar-refractivity contribution in [2.45, 2.75) is 23.2 Å². The maximum absolute atomic E-state index is 13.4. The van der Waals surface area contributed by atoms with E-state index in [4.69, 9.17) is 6.57 Å². The average molecular weight is 522 g/mol. The smallest absolute Gasteiger partial charge is 0.239 e. The SMILES string of the molecule is [C-]#[N+]c1cnc(S(C)(=O)=O)nc1-c1cn(S(=O)(=O)c2ccc(C)cc2)c2ncc(C(F)(F)F)cc12. The molecule has 180 valence electrons. The number of hydrogen-bond donors (Lipinski definition) is 0. The fourth-order valence-corrected chi connectivity index (χ4v) is 5.07. The fraction of sp³-hybridized carbons (Fsp3) is 0.143. The van der Waals surface area contributed by atoms with Crippen molar-refractivity contribution in [2.24, 2.45) is 0 Å². The largest absolute Gasteiger partial charge is 0.417 e. The van der Waals surface area contributed by atoms with Crippen LogP contribution in [0.1, 0.15) is 11.1 Å². The summed E-state index contributed by atoms with van der Waals surface area (Å²) in [5.74, 6) is 0. The number of hydrogen-bond acceptors (Lipinski definition) is 7. The minimum absolute atomic E-state index is 0.154. The van der Waals surface area contributed by atoms with Crippen molar-refractivity contribution in [1.82, 2.24) is 18.9 Å². The van der Waals surface area contributed by atoms with Crippen LogP contribution in [0.4, 0.5) is 18.9 Å². The van der Waals surface area contributed by atoms with Gasteiger partial charge in [0.05, 0.1) is 22.7 Å². The molecule has 0 aliphatic heterocycles. The number of sulfone groups is 1. The highest BCUT2D eigenvalue weighted by Gasteiger charge is 2.33. The van der Waals surface area contributed by atoms with Crippen LogP contribution in [-0.2, 0) is 26.0 Å². The van der Waals surface area contributed by atoms with Crippen LogP contribution in [0.3, 0.4) is 0 Å². The van der Waals surface area contributed by atoms with E-state index < -0.39 is 36.8 Å². The Morgan fingerprint density at radius 1 is 1.03 bits per heavy atom. The number of rotatable bonds is 4. The van der Waals surface area contributed by atoms with E-state index in [0.29, 0.717) is 16.2 Å². The quantitative estimate of drug-likeness (QED) is 0.294. The molecule has 0 aliphatic rings. The lowest BCUT2D eigenvalue weighted by molar-refractivity contribution is -0.137. The van der Waals surface area contributed by atoms with E-state index >= 15 is 0 Å². The Labute approximate surface area is 197 Å². The molecule has 14 heteroatoms. The van der Waals surface area contributed by atoms with Gasteiger partial charge in [-0.2, -0.15) is 13.2 Å². The Kier molecular flexibility index (Phi) is 5.65. The molecular weight excluding hydrogens is 507 g/mol. The Hall–Kier alpha value is -3.83. The van der Waals surface area contributed by atoms with E-state index in [2.05, 4.69) is 19.8 Å². The van der Waals surface area contributed by atoms with Crippen LogP contribution >= 0.6 is 0 Å². The van der Waals surface area contributed by atoms with E-state index in [-0.39, 0.29) is 32.9 Å². The lowest BCUT2D eigenvalue weighted by atomic mass is 10.1. The summed E-state index contributed by atoms with van der Waals surface area (Å²) < 4.78 is 91.7. The van der Waals surface area contributed by atoms with Crippen LogP contribution in [0.25, 0.3) is 27.1 Å². The molecule has 0 fully saturated rings. The van der Waals surface area contributed by atoms with E-state index in [0.717, 1.165) is 24.2 Å². The Bertz CT molecular complexity index is 1740. The topological polar surface area (TPSA) is 116 Å². The van der Waals surface area contributed by atoms with Crippen LogP contribution in [0.2, 0.25) is 0 Å². The summed E-state index contributed by atoms with van der Waals surface area (Å²) in [5, 5.41) is -0.972. The van der Waals surface area contributed by atoms with Gasteiger partial charge >= 0.3 is 6.18 Å². The molecule has 0 aliphatic carbocycles.